The predicted octanol–water partition coefficient (Wildman–Crippen LogP) is 1.49. The number of amides is 2. The van der Waals surface area contributed by atoms with Crippen LogP contribution in [-0.4, -0.2) is 29.8 Å². The number of rotatable bonds is 4. The number of anilines is 1. The van der Waals surface area contributed by atoms with Gasteiger partial charge in [-0.1, -0.05) is 19.1 Å². The Morgan fingerprint density at radius 3 is 2.33 bits per heavy atom. The van der Waals surface area contributed by atoms with Gasteiger partial charge in [-0.2, -0.15) is 0 Å². The van der Waals surface area contributed by atoms with Gasteiger partial charge in [-0.15, -0.1) is 0 Å². The number of likely N-dealkylation sites (tertiary alicyclic amines) is 1. The second-order valence-electron chi connectivity index (χ2n) is 5.83. The first-order valence-electron chi connectivity index (χ1n) is 7.40. The summed E-state index contributed by atoms with van der Waals surface area (Å²) >= 11 is 0. The third-order valence-corrected chi connectivity index (χ3v) is 4.24. The summed E-state index contributed by atoms with van der Waals surface area (Å²) in [5.41, 5.74) is 12.8. The van der Waals surface area contributed by atoms with Gasteiger partial charge in [0, 0.05) is 31.1 Å². The monoisotopic (exact) mass is 289 g/mol. The Morgan fingerprint density at radius 2 is 1.81 bits per heavy atom. The zero-order chi connectivity index (χ0) is 15.4. The van der Waals surface area contributed by atoms with Crippen LogP contribution in [0.1, 0.15) is 37.7 Å². The van der Waals surface area contributed by atoms with Crippen LogP contribution in [0.25, 0.3) is 0 Å². The molecule has 1 unspecified atom stereocenters. The minimum atomic E-state index is -0.252. The van der Waals surface area contributed by atoms with Gasteiger partial charge in [0.25, 0.3) is 0 Å². The van der Waals surface area contributed by atoms with Crippen molar-refractivity contribution in [3.63, 3.8) is 0 Å². The zero-order valence-corrected chi connectivity index (χ0v) is 12.4. The minimum absolute atomic E-state index is 0.0800. The van der Waals surface area contributed by atoms with Gasteiger partial charge >= 0.3 is 0 Å². The van der Waals surface area contributed by atoms with Crippen molar-refractivity contribution in [1.29, 1.82) is 0 Å². The molecule has 1 aromatic rings. The van der Waals surface area contributed by atoms with Crippen molar-refractivity contribution in [1.82, 2.24) is 4.90 Å². The summed E-state index contributed by atoms with van der Waals surface area (Å²) in [7, 11) is 0. The van der Waals surface area contributed by atoms with E-state index in [1.54, 1.807) is 0 Å². The Hall–Kier alpha value is -2.04. The van der Waals surface area contributed by atoms with E-state index in [-0.39, 0.29) is 23.7 Å². The van der Waals surface area contributed by atoms with Crippen LogP contribution in [0.5, 0.6) is 0 Å². The molecular weight excluding hydrogens is 266 g/mol. The van der Waals surface area contributed by atoms with E-state index < -0.39 is 0 Å². The number of benzene rings is 1. The molecule has 2 rings (SSSR count). The molecule has 2 amide bonds. The van der Waals surface area contributed by atoms with Gasteiger partial charge in [0.1, 0.15) is 0 Å². The SMILES string of the molecule is CC(CC(=O)N1CCC(C(N)=O)CC1)c1ccc(N)cc1. The van der Waals surface area contributed by atoms with Gasteiger partial charge in [0.05, 0.1) is 0 Å². The molecule has 0 spiro atoms. The highest BCUT2D eigenvalue weighted by molar-refractivity contribution is 5.79. The molecule has 4 N–H and O–H groups in total. The van der Waals surface area contributed by atoms with E-state index in [1.165, 1.54) is 0 Å². The molecule has 0 bridgehead atoms. The summed E-state index contributed by atoms with van der Waals surface area (Å²) < 4.78 is 0. The first-order valence-corrected chi connectivity index (χ1v) is 7.40. The molecule has 1 saturated heterocycles. The predicted molar refractivity (Wildman–Crippen MR) is 82.4 cm³/mol. The van der Waals surface area contributed by atoms with Crippen LogP contribution in [0.15, 0.2) is 24.3 Å². The van der Waals surface area contributed by atoms with Crippen molar-refractivity contribution < 1.29 is 9.59 Å². The van der Waals surface area contributed by atoms with E-state index in [1.807, 2.05) is 36.1 Å². The highest BCUT2D eigenvalue weighted by Crippen LogP contribution is 2.23. The van der Waals surface area contributed by atoms with Crippen LogP contribution >= 0.6 is 0 Å². The summed E-state index contributed by atoms with van der Waals surface area (Å²) in [6, 6.07) is 7.64. The van der Waals surface area contributed by atoms with Crippen LogP contribution in [0.3, 0.4) is 0 Å². The number of carbonyl (C=O) groups excluding carboxylic acids is 2. The number of carbonyl (C=O) groups is 2. The molecule has 0 radical (unpaired) electrons. The zero-order valence-electron chi connectivity index (χ0n) is 12.4. The maximum atomic E-state index is 12.3. The van der Waals surface area contributed by atoms with Crippen LogP contribution in [0.2, 0.25) is 0 Å². The minimum Gasteiger partial charge on any atom is -0.399 e. The number of nitrogens with two attached hydrogens (primary N) is 2. The number of primary amides is 1. The normalized spacial score (nSPS) is 17.5. The van der Waals surface area contributed by atoms with E-state index in [0.29, 0.717) is 32.4 Å². The fourth-order valence-corrected chi connectivity index (χ4v) is 2.75. The van der Waals surface area contributed by atoms with E-state index in [4.69, 9.17) is 11.5 Å². The van der Waals surface area contributed by atoms with Crippen molar-refractivity contribution in [2.24, 2.45) is 11.7 Å². The van der Waals surface area contributed by atoms with Gasteiger partial charge in [-0.3, -0.25) is 9.59 Å². The molecule has 1 aliphatic heterocycles. The lowest BCUT2D eigenvalue weighted by molar-refractivity contribution is -0.135. The van der Waals surface area contributed by atoms with Crippen LogP contribution in [-0.2, 0) is 9.59 Å². The van der Waals surface area contributed by atoms with E-state index in [0.717, 1.165) is 11.3 Å². The largest absolute Gasteiger partial charge is 0.399 e. The first-order chi connectivity index (χ1) is 9.97. The molecule has 114 valence electrons. The molecule has 5 nitrogen and oxygen atoms in total. The van der Waals surface area contributed by atoms with Crippen molar-refractivity contribution >= 4 is 17.5 Å². The highest BCUT2D eigenvalue weighted by atomic mass is 16.2. The van der Waals surface area contributed by atoms with Crippen molar-refractivity contribution in [2.45, 2.75) is 32.1 Å². The quantitative estimate of drug-likeness (QED) is 0.823. The fraction of sp³-hybridized carbons (Fsp3) is 0.500. The van der Waals surface area contributed by atoms with E-state index >= 15 is 0 Å². The Balaban J connectivity index is 1.87. The van der Waals surface area contributed by atoms with Gasteiger partial charge in [-0.05, 0) is 36.5 Å². The maximum Gasteiger partial charge on any atom is 0.223 e. The first kappa shape index (κ1) is 15.4. The number of hydrogen-bond donors (Lipinski definition) is 2. The third-order valence-electron chi connectivity index (χ3n) is 4.24. The van der Waals surface area contributed by atoms with Gasteiger partial charge < -0.3 is 16.4 Å². The van der Waals surface area contributed by atoms with E-state index in [2.05, 4.69) is 0 Å². The lowest BCUT2D eigenvalue weighted by Crippen LogP contribution is -2.42. The number of nitrogens with zero attached hydrogens (tertiary/aromatic N) is 1. The summed E-state index contributed by atoms with van der Waals surface area (Å²) in [5.74, 6) is -0.0323. The molecule has 21 heavy (non-hydrogen) atoms. The molecule has 1 fully saturated rings. The van der Waals surface area contributed by atoms with Crippen molar-refractivity contribution in [2.75, 3.05) is 18.8 Å². The lowest BCUT2D eigenvalue weighted by Gasteiger charge is -2.31. The second-order valence-corrected chi connectivity index (χ2v) is 5.83. The number of piperidine rings is 1. The topological polar surface area (TPSA) is 89.4 Å². The van der Waals surface area contributed by atoms with Gasteiger partial charge in [0.15, 0.2) is 0 Å². The molecule has 5 heteroatoms. The van der Waals surface area contributed by atoms with Crippen molar-refractivity contribution in [3.05, 3.63) is 29.8 Å². The Bertz CT molecular complexity index is 505. The standard InChI is InChI=1S/C16H23N3O2/c1-11(12-2-4-14(17)5-3-12)10-15(20)19-8-6-13(7-9-19)16(18)21/h2-5,11,13H,6-10,17H2,1H3,(H2,18,21). The number of hydrogen-bond acceptors (Lipinski definition) is 3. The highest BCUT2D eigenvalue weighted by Gasteiger charge is 2.26. The second kappa shape index (κ2) is 6.61. The smallest absolute Gasteiger partial charge is 0.223 e. The molecule has 1 aliphatic rings. The van der Waals surface area contributed by atoms with Crippen LogP contribution in [0.4, 0.5) is 5.69 Å². The Morgan fingerprint density at radius 1 is 1.24 bits per heavy atom. The average molecular weight is 289 g/mol. The Labute approximate surface area is 125 Å². The van der Waals surface area contributed by atoms with Crippen LogP contribution in [0, 0.1) is 5.92 Å². The molecule has 0 aromatic heterocycles. The van der Waals surface area contributed by atoms with E-state index in [9.17, 15) is 9.59 Å². The molecule has 1 heterocycles. The molecule has 0 aliphatic carbocycles. The molecular formula is C16H23N3O2. The summed E-state index contributed by atoms with van der Waals surface area (Å²) in [6.45, 7) is 3.29. The summed E-state index contributed by atoms with van der Waals surface area (Å²) in [4.78, 5) is 25.3. The lowest BCUT2D eigenvalue weighted by atomic mass is 9.94. The Kier molecular flexibility index (Phi) is 4.83. The maximum absolute atomic E-state index is 12.3. The molecule has 1 aromatic carbocycles. The third kappa shape index (κ3) is 3.97. The molecule has 0 saturated carbocycles. The van der Waals surface area contributed by atoms with Crippen molar-refractivity contribution in [3.8, 4) is 0 Å². The summed E-state index contributed by atoms with van der Waals surface area (Å²) in [6.07, 6.45) is 1.83. The summed E-state index contributed by atoms with van der Waals surface area (Å²) in [5, 5.41) is 0. The average Bonchev–Trinajstić information content (AvgIpc) is 2.47. The number of nitrogen functional groups attached to an aromatic ring is 1. The molecule has 1 atom stereocenters. The van der Waals surface area contributed by atoms with Crippen LogP contribution < -0.4 is 11.5 Å². The van der Waals surface area contributed by atoms with Gasteiger partial charge in [0.2, 0.25) is 11.8 Å². The fourth-order valence-electron chi connectivity index (χ4n) is 2.75. The van der Waals surface area contributed by atoms with Gasteiger partial charge in [-0.25, -0.2) is 0 Å².